The molecule has 0 radical (unpaired) electrons. The van der Waals surface area contributed by atoms with Crippen LogP contribution in [0.25, 0.3) is 10.6 Å². The van der Waals surface area contributed by atoms with Gasteiger partial charge >= 0.3 is 0 Å². The SMILES string of the molecule is N#Cc1cccc(C#N)c1-c1nccs1. The van der Waals surface area contributed by atoms with Gasteiger partial charge in [-0.2, -0.15) is 10.5 Å². The maximum Gasteiger partial charge on any atom is 0.125 e. The zero-order valence-corrected chi connectivity index (χ0v) is 8.45. The van der Waals surface area contributed by atoms with E-state index in [2.05, 4.69) is 17.1 Å². The van der Waals surface area contributed by atoms with Gasteiger partial charge in [0.25, 0.3) is 0 Å². The molecule has 0 spiro atoms. The minimum Gasteiger partial charge on any atom is -0.244 e. The van der Waals surface area contributed by atoms with Crippen LogP contribution < -0.4 is 0 Å². The maximum atomic E-state index is 8.95. The van der Waals surface area contributed by atoms with Crippen molar-refractivity contribution in [3.8, 4) is 22.7 Å². The van der Waals surface area contributed by atoms with Gasteiger partial charge in [-0.1, -0.05) is 6.07 Å². The van der Waals surface area contributed by atoms with Gasteiger partial charge in [0, 0.05) is 17.1 Å². The predicted molar refractivity (Wildman–Crippen MR) is 57.0 cm³/mol. The van der Waals surface area contributed by atoms with Gasteiger partial charge in [-0.25, -0.2) is 4.98 Å². The molecule has 1 aromatic heterocycles. The molecule has 4 heteroatoms. The van der Waals surface area contributed by atoms with Gasteiger partial charge in [0.1, 0.15) is 5.01 Å². The highest BCUT2D eigenvalue weighted by atomic mass is 32.1. The van der Waals surface area contributed by atoms with E-state index >= 15 is 0 Å². The van der Waals surface area contributed by atoms with Crippen molar-refractivity contribution in [3.05, 3.63) is 40.9 Å². The molecule has 0 saturated heterocycles. The smallest absolute Gasteiger partial charge is 0.125 e. The van der Waals surface area contributed by atoms with Crippen molar-refractivity contribution < 1.29 is 0 Å². The Morgan fingerprint density at radius 1 is 1.13 bits per heavy atom. The monoisotopic (exact) mass is 211 g/mol. The average Bonchev–Trinajstić information content (AvgIpc) is 2.81. The third-order valence-electron chi connectivity index (χ3n) is 1.95. The standard InChI is InChI=1S/C11H5N3S/c12-6-8-2-1-3-9(7-13)10(8)11-14-4-5-15-11/h1-5H. The summed E-state index contributed by atoms with van der Waals surface area (Å²) in [7, 11) is 0. The van der Waals surface area contributed by atoms with Crippen LogP contribution >= 0.6 is 11.3 Å². The van der Waals surface area contributed by atoms with Crippen molar-refractivity contribution in [2.24, 2.45) is 0 Å². The Morgan fingerprint density at radius 2 is 1.80 bits per heavy atom. The quantitative estimate of drug-likeness (QED) is 0.728. The Balaban J connectivity index is 2.75. The van der Waals surface area contributed by atoms with E-state index in [-0.39, 0.29) is 0 Å². The van der Waals surface area contributed by atoms with Crippen LogP contribution in [-0.2, 0) is 0 Å². The predicted octanol–water partition coefficient (Wildman–Crippen LogP) is 2.55. The highest BCUT2D eigenvalue weighted by Crippen LogP contribution is 2.28. The molecule has 0 aliphatic rings. The molecule has 0 N–H and O–H groups in total. The molecular formula is C11H5N3S. The summed E-state index contributed by atoms with van der Waals surface area (Å²) < 4.78 is 0. The first-order valence-electron chi connectivity index (χ1n) is 4.20. The molecule has 0 saturated carbocycles. The minimum absolute atomic E-state index is 0.490. The molecule has 0 aliphatic carbocycles. The van der Waals surface area contributed by atoms with Crippen molar-refractivity contribution in [2.75, 3.05) is 0 Å². The summed E-state index contributed by atoms with van der Waals surface area (Å²) in [6, 6.07) is 9.23. The fraction of sp³-hybridized carbons (Fsp3) is 0. The molecular weight excluding hydrogens is 206 g/mol. The van der Waals surface area contributed by atoms with Gasteiger partial charge in [-0.3, -0.25) is 0 Å². The molecule has 2 rings (SSSR count). The number of nitriles is 2. The zero-order chi connectivity index (χ0) is 10.7. The summed E-state index contributed by atoms with van der Waals surface area (Å²) in [4.78, 5) is 4.12. The van der Waals surface area contributed by atoms with Gasteiger partial charge < -0.3 is 0 Å². The molecule has 0 amide bonds. The van der Waals surface area contributed by atoms with Crippen molar-refractivity contribution in [3.63, 3.8) is 0 Å². The normalized spacial score (nSPS) is 9.20. The van der Waals surface area contributed by atoms with Crippen LogP contribution in [0.5, 0.6) is 0 Å². The Morgan fingerprint density at radius 3 is 2.27 bits per heavy atom. The Bertz CT molecular complexity index is 526. The second kappa shape index (κ2) is 3.91. The van der Waals surface area contributed by atoms with Crippen LogP contribution in [-0.4, -0.2) is 4.98 Å². The fourth-order valence-corrected chi connectivity index (χ4v) is 2.03. The maximum absolute atomic E-state index is 8.95. The Kier molecular flexibility index (Phi) is 2.45. The summed E-state index contributed by atoms with van der Waals surface area (Å²) in [6.45, 7) is 0. The highest BCUT2D eigenvalue weighted by Gasteiger charge is 2.11. The molecule has 0 fully saturated rings. The lowest BCUT2D eigenvalue weighted by molar-refractivity contribution is 1.38. The van der Waals surface area contributed by atoms with Crippen LogP contribution in [0.15, 0.2) is 29.8 Å². The van der Waals surface area contributed by atoms with E-state index in [1.165, 1.54) is 11.3 Å². The molecule has 1 heterocycles. The van der Waals surface area contributed by atoms with E-state index in [1.54, 1.807) is 24.4 Å². The van der Waals surface area contributed by atoms with E-state index in [0.717, 1.165) is 0 Å². The first-order chi connectivity index (χ1) is 7.36. The summed E-state index contributed by atoms with van der Waals surface area (Å²) in [5, 5.41) is 20.4. The van der Waals surface area contributed by atoms with E-state index in [0.29, 0.717) is 21.7 Å². The lowest BCUT2D eigenvalue weighted by Crippen LogP contribution is -1.88. The third-order valence-corrected chi connectivity index (χ3v) is 2.74. The van der Waals surface area contributed by atoms with Gasteiger partial charge in [0.2, 0.25) is 0 Å². The zero-order valence-electron chi connectivity index (χ0n) is 7.64. The van der Waals surface area contributed by atoms with Crippen molar-refractivity contribution >= 4 is 11.3 Å². The molecule has 0 atom stereocenters. The third kappa shape index (κ3) is 1.59. The second-order valence-corrected chi connectivity index (χ2v) is 3.68. The van der Waals surface area contributed by atoms with E-state index in [1.807, 2.05) is 5.38 Å². The molecule has 2 aromatic rings. The number of hydrogen-bond acceptors (Lipinski definition) is 4. The van der Waals surface area contributed by atoms with E-state index in [9.17, 15) is 0 Å². The Labute approximate surface area is 90.9 Å². The first kappa shape index (κ1) is 9.39. The molecule has 0 unspecified atom stereocenters. The summed E-state index contributed by atoms with van der Waals surface area (Å²) in [5.74, 6) is 0. The minimum atomic E-state index is 0.490. The average molecular weight is 211 g/mol. The molecule has 15 heavy (non-hydrogen) atoms. The fourth-order valence-electron chi connectivity index (χ4n) is 1.32. The lowest BCUT2D eigenvalue weighted by atomic mass is 10.0. The lowest BCUT2D eigenvalue weighted by Gasteiger charge is -2.01. The number of benzene rings is 1. The van der Waals surface area contributed by atoms with Crippen LogP contribution in [0.2, 0.25) is 0 Å². The molecule has 70 valence electrons. The molecule has 0 bridgehead atoms. The van der Waals surface area contributed by atoms with Crippen LogP contribution in [0, 0.1) is 22.7 Å². The van der Waals surface area contributed by atoms with Crippen LogP contribution in [0.1, 0.15) is 11.1 Å². The van der Waals surface area contributed by atoms with Crippen molar-refractivity contribution in [1.29, 1.82) is 10.5 Å². The second-order valence-electron chi connectivity index (χ2n) is 2.79. The largest absolute Gasteiger partial charge is 0.244 e. The number of thiazole rings is 1. The van der Waals surface area contributed by atoms with Crippen molar-refractivity contribution in [1.82, 2.24) is 4.98 Å². The van der Waals surface area contributed by atoms with Gasteiger partial charge in [0.05, 0.1) is 23.3 Å². The summed E-state index contributed by atoms with van der Waals surface area (Å²) in [5.41, 5.74) is 1.62. The molecule has 3 nitrogen and oxygen atoms in total. The van der Waals surface area contributed by atoms with Crippen LogP contribution in [0.3, 0.4) is 0 Å². The first-order valence-corrected chi connectivity index (χ1v) is 5.08. The number of rotatable bonds is 1. The summed E-state index contributed by atoms with van der Waals surface area (Å²) in [6.07, 6.45) is 1.66. The van der Waals surface area contributed by atoms with Crippen LogP contribution in [0.4, 0.5) is 0 Å². The van der Waals surface area contributed by atoms with Gasteiger partial charge in [-0.05, 0) is 12.1 Å². The molecule has 0 aliphatic heterocycles. The molecule has 1 aromatic carbocycles. The van der Waals surface area contributed by atoms with E-state index < -0.39 is 0 Å². The Hall–Kier alpha value is -2.17. The topological polar surface area (TPSA) is 60.5 Å². The number of nitrogens with zero attached hydrogens (tertiary/aromatic N) is 3. The van der Waals surface area contributed by atoms with E-state index in [4.69, 9.17) is 10.5 Å². The van der Waals surface area contributed by atoms with Gasteiger partial charge in [-0.15, -0.1) is 11.3 Å². The highest BCUT2D eigenvalue weighted by molar-refractivity contribution is 7.13. The van der Waals surface area contributed by atoms with Crippen molar-refractivity contribution in [2.45, 2.75) is 0 Å². The van der Waals surface area contributed by atoms with Gasteiger partial charge in [0.15, 0.2) is 0 Å². The number of aromatic nitrogens is 1. The summed E-state index contributed by atoms with van der Waals surface area (Å²) >= 11 is 1.42. The number of hydrogen-bond donors (Lipinski definition) is 0.